The van der Waals surface area contributed by atoms with Crippen molar-refractivity contribution in [3.05, 3.63) is 83.4 Å². The van der Waals surface area contributed by atoms with Crippen LogP contribution in [0.1, 0.15) is 12.5 Å². The van der Waals surface area contributed by atoms with Crippen LogP contribution in [0.25, 0.3) is 33.3 Å². The largest absolute Gasteiger partial charge is 0.493 e. The number of nitriles is 1. The molecule has 0 bridgehead atoms. The van der Waals surface area contributed by atoms with Gasteiger partial charge in [0.15, 0.2) is 0 Å². The lowest BCUT2D eigenvalue weighted by Crippen LogP contribution is -1.95. The molecule has 0 saturated carbocycles. The molecule has 0 atom stereocenters. The molecule has 0 saturated heterocycles. The molecule has 1 aromatic heterocycles. The van der Waals surface area contributed by atoms with Gasteiger partial charge >= 0.3 is 0 Å². The van der Waals surface area contributed by atoms with Crippen molar-refractivity contribution >= 4 is 22.5 Å². The summed E-state index contributed by atoms with van der Waals surface area (Å²) in [5, 5.41) is 10.9. The van der Waals surface area contributed by atoms with Crippen LogP contribution < -0.4 is 4.74 Å². The molecule has 0 aliphatic rings. The molecule has 4 aromatic rings. The van der Waals surface area contributed by atoms with E-state index in [4.69, 9.17) is 21.3 Å². The average molecular weight is 385 g/mol. The van der Waals surface area contributed by atoms with Gasteiger partial charge in [-0.1, -0.05) is 72.3 Å². The summed E-state index contributed by atoms with van der Waals surface area (Å²) < 4.78 is 5.73. The molecule has 0 fully saturated rings. The molecule has 0 N–H and O–H groups in total. The number of fused-ring (bicyclic) bond motifs is 1. The molecule has 0 aliphatic heterocycles. The van der Waals surface area contributed by atoms with Gasteiger partial charge in [0.2, 0.25) is 0 Å². The lowest BCUT2D eigenvalue weighted by Gasteiger charge is -2.12. The Morgan fingerprint density at radius 1 is 0.929 bits per heavy atom. The average Bonchev–Trinajstić information content (AvgIpc) is 2.74. The second-order valence-corrected chi connectivity index (χ2v) is 6.66. The highest BCUT2D eigenvalue weighted by Crippen LogP contribution is 2.35. The van der Waals surface area contributed by atoms with E-state index in [0.29, 0.717) is 22.9 Å². The zero-order valence-corrected chi connectivity index (χ0v) is 16.1. The highest BCUT2D eigenvalue weighted by molar-refractivity contribution is 6.37. The molecule has 0 unspecified atom stereocenters. The Bertz CT molecular complexity index is 1190. The van der Waals surface area contributed by atoms with Crippen LogP contribution in [0.3, 0.4) is 0 Å². The van der Waals surface area contributed by atoms with E-state index in [9.17, 15) is 5.26 Å². The fourth-order valence-electron chi connectivity index (χ4n) is 3.28. The number of aromatic nitrogens is 1. The third-order valence-corrected chi connectivity index (χ3v) is 4.99. The first-order valence-corrected chi connectivity index (χ1v) is 9.41. The van der Waals surface area contributed by atoms with Gasteiger partial charge in [-0.2, -0.15) is 5.26 Å². The summed E-state index contributed by atoms with van der Waals surface area (Å²) >= 11 is 6.50. The normalized spacial score (nSPS) is 10.6. The van der Waals surface area contributed by atoms with Crippen molar-refractivity contribution < 1.29 is 4.74 Å². The van der Waals surface area contributed by atoms with Crippen molar-refractivity contribution in [2.45, 2.75) is 6.92 Å². The van der Waals surface area contributed by atoms with E-state index in [0.717, 1.165) is 33.3 Å². The van der Waals surface area contributed by atoms with Crippen LogP contribution in [0.4, 0.5) is 0 Å². The van der Waals surface area contributed by atoms with Crippen molar-refractivity contribution in [1.29, 1.82) is 5.26 Å². The number of ether oxygens (including phenoxy) is 1. The van der Waals surface area contributed by atoms with Crippen LogP contribution in [0.15, 0.2) is 72.8 Å². The first-order valence-electron chi connectivity index (χ1n) is 9.04. The minimum Gasteiger partial charge on any atom is -0.493 e. The summed E-state index contributed by atoms with van der Waals surface area (Å²) in [4.78, 5) is 4.69. The van der Waals surface area contributed by atoms with E-state index in [2.05, 4.69) is 6.07 Å². The van der Waals surface area contributed by atoms with Crippen LogP contribution in [-0.4, -0.2) is 11.6 Å². The predicted molar refractivity (Wildman–Crippen MR) is 114 cm³/mol. The van der Waals surface area contributed by atoms with Gasteiger partial charge in [0.1, 0.15) is 11.8 Å². The molecule has 0 amide bonds. The van der Waals surface area contributed by atoms with Crippen molar-refractivity contribution in [2.75, 3.05) is 6.61 Å². The molecule has 0 radical (unpaired) electrons. The minimum absolute atomic E-state index is 0.392. The molecule has 0 spiro atoms. The molecule has 4 heteroatoms. The first kappa shape index (κ1) is 18.0. The van der Waals surface area contributed by atoms with Crippen molar-refractivity contribution in [3.63, 3.8) is 0 Å². The van der Waals surface area contributed by atoms with Gasteiger partial charge in [-0.25, -0.2) is 4.98 Å². The fraction of sp³-hybridized carbons (Fsp3) is 0.0833. The molecule has 4 rings (SSSR count). The van der Waals surface area contributed by atoms with E-state index in [1.54, 1.807) is 0 Å². The van der Waals surface area contributed by atoms with Gasteiger partial charge in [-0.15, -0.1) is 0 Å². The zero-order valence-electron chi connectivity index (χ0n) is 15.3. The standard InChI is InChI=1S/C24H17ClN2O/c1-2-28-22-10-6-4-7-18(22)16-11-13-17(14-12-16)24-20(15-26)23(25)19-8-3-5-9-21(19)27-24/h3-14H,2H2,1H3. The molecular weight excluding hydrogens is 368 g/mol. The first-order chi connectivity index (χ1) is 13.7. The highest BCUT2D eigenvalue weighted by Gasteiger charge is 2.15. The van der Waals surface area contributed by atoms with E-state index in [1.807, 2.05) is 79.7 Å². The van der Waals surface area contributed by atoms with Crippen LogP contribution >= 0.6 is 11.6 Å². The van der Waals surface area contributed by atoms with Crippen molar-refractivity contribution in [2.24, 2.45) is 0 Å². The quantitative estimate of drug-likeness (QED) is 0.403. The summed E-state index contributed by atoms with van der Waals surface area (Å²) in [5.41, 5.74) is 4.67. The second-order valence-electron chi connectivity index (χ2n) is 6.28. The fourth-order valence-corrected chi connectivity index (χ4v) is 3.57. The summed E-state index contributed by atoms with van der Waals surface area (Å²) in [7, 11) is 0. The van der Waals surface area contributed by atoms with Gasteiger partial charge in [0, 0.05) is 16.5 Å². The van der Waals surface area contributed by atoms with Gasteiger partial charge in [-0.3, -0.25) is 0 Å². The van der Waals surface area contributed by atoms with Gasteiger partial charge in [-0.05, 0) is 24.6 Å². The minimum atomic E-state index is 0.392. The SMILES string of the molecule is CCOc1ccccc1-c1ccc(-c2nc3ccccc3c(Cl)c2C#N)cc1. The van der Waals surface area contributed by atoms with E-state index >= 15 is 0 Å². The zero-order chi connectivity index (χ0) is 19.5. The van der Waals surface area contributed by atoms with Crippen LogP contribution in [0, 0.1) is 11.3 Å². The lowest BCUT2D eigenvalue weighted by molar-refractivity contribution is 0.341. The maximum absolute atomic E-state index is 9.66. The number of halogens is 1. The Balaban J connectivity index is 1.81. The smallest absolute Gasteiger partial charge is 0.127 e. The molecule has 3 aromatic carbocycles. The van der Waals surface area contributed by atoms with E-state index in [-0.39, 0.29) is 0 Å². The van der Waals surface area contributed by atoms with Crippen molar-refractivity contribution in [3.8, 4) is 34.2 Å². The Morgan fingerprint density at radius 2 is 1.61 bits per heavy atom. The van der Waals surface area contributed by atoms with Gasteiger partial charge in [0.25, 0.3) is 0 Å². The highest BCUT2D eigenvalue weighted by atomic mass is 35.5. The summed E-state index contributed by atoms with van der Waals surface area (Å²) in [6.45, 7) is 2.58. The predicted octanol–water partition coefficient (Wildman–Crippen LogP) is 6.49. The number of hydrogen-bond acceptors (Lipinski definition) is 3. The monoisotopic (exact) mass is 384 g/mol. The van der Waals surface area contributed by atoms with E-state index < -0.39 is 0 Å². The molecule has 136 valence electrons. The number of rotatable bonds is 4. The Hall–Kier alpha value is -3.35. The topological polar surface area (TPSA) is 45.9 Å². The van der Waals surface area contributed by atoms with E-state index in [1.165, 1.54) is 0 Å². The Morgan fingerprint density at radius 3 is 2.36 bits per heavy atom. The Labute approximate surface area is 168 Å². The summed E-state index contributed by atoms with van der Waals surface area (Å²) in [6.07, 6.45) is 0. The van der Waals surface area contributed by atoms with Gasteiger partial charge < -0.3 is 4.74 Å². The lowest BCUT2D eigenvalue weighted by atomic mass is 9.99. The maximum atomic E-state index is 9.66. The van der Waals surface area contributed by atoms with Crippen LogP contribution in [0.5, 0.6) is 5.75 Å². The maximum Gasteiger partial charge on any atom is 0.127 e. The van der Waals surface area contributed by atoms with Gasteiger partial charge in [0.05, 0.1) is 28.4 Å². The summed E-state index contributed by atoms with van der Waals surface area (Å²) in [5.74, 6) is 0.849. The third-order valence-electron chi connectivity index (χ3n) is 4.60. The number of nitrogens with zero attached hydrogens (tertiary/aromatic N) is 2. The van der Waals surface area contributed by atoms with Crippen LogP contribution in [0.2, 0.25) is 5.02 Å². The van der Waals surface area contributed by atoms with Crippen molar-refractivity contribution in [1.82, 2.24) is 4.98 Å². The third kappa shape index (κ3) is 3.19. The number of para-hydroxylation sites is 2. The molecule has 3 nitrogen and oxygen atoms in total. The number of pyridine rings is 1. The molecule has 1 heterocycles. The summed E-state index contributed by atoms with van der Waals surface area (Å²) in [6, 6.07) is 25.7. The number of benzene rings is 3. The van der Waals surface area contributed by atoms with Crippen LogP contribution in [-0.2, 0) is 0 Å². The molecular formula is C24H17ClN2O. The molecule has 0 aliphatic carbocycles. The molecule has 28 heavy (non-hydrogen) atoms. The Kier molecular flexibility index (Phi) is 4.97. The second kappa shape index (κ2) is 7.72. The number of hydrogen-bond donors (Lipinski definition) is 0.